The van der Waals surface area contributed by atoms with E-state index in [9.17, 15) is 4.79 Å². The lowest BCUT2D eigenvalue weighted by atomic mass is 9.96. The zero-order valence-electron chi connectivity index (χ0n) is 16.6. The highest BCUT2D eigenvalue weighted by atomic mass is 32.1. The number of H-pyrrole nitrogens is 2. The summed E-state index contributed by atoms with van der Waals surface area (Å²) in [5, 5.41) is 20.3. The molecule has 3 aromatic heterocycles. The molecule has 31 heavy (non-hydrogen) atoms. The second-order valence-electron chi connectivity index (χ2n) is 7.19. The standard InChI is InChI=1S/C22H19N7OS/c1-12-4-13(7-23)2-3-16(12)17-5-14-8-26-29-18(14)6-19(17)27-21(30)20-11-31-22(28-20)15-9-24-25-10-15/h2-6,8-11H,7,23H2,1H3,(H,24,25)(H,26,29)(H,27,30). The lowest BCUT2D eigenvalue weighted by Crippen LogP contribution is -2.13. The van der Waals surface area contributed by atoms with Gasteiger partial charge in [-0.2, -0.15) is 10.2 Å². The van der Waals surface area contributed by atoms with Crippen LogP contribution in [0.2, 0.25) is 0 Å². The molecule has 5 N–H and O–H groups in total. The van der Waals surface area contributed by atoms with Crippen molar-refractivity contribution in [3.05, 3.63) is 71.1 Å². The van der Waals surface area contributed by atoms with E-state index in [2.05, 4.69) is 36.8 Å². The molecule has 5 aromatic rings. The summed E-state index contributed by atoms with van der Waals surface area (Å²) in [5.41, 5.74) is 12.6. The quantitative estimate of drug-likeness (QED) is 0.335. The Kier molecular flexibility index (Phi) is 4.81. The molecule has 0 radical (unpaired) electrons. The molecule has 0 aliphatic carbocycles. The van der Waals surface area contributed by atoms with E-state index in [1.54, 1.807) is 24.0 Å². The zero-order chi connectivity index (χ0) is 21.4. The molecule has 0 saturated carbocycles. The first-order chi connectivity index (χ1) is 15.1. The molecule has 0 spiro atoms. The van der Waals surface area contributed by atoms with Gasteiger partial charge in [-0.25, -0.2) is 4.98 Å². The summed E-state index contributed by atoms with van der Waals surface area (Å²) >= 11 is 1.40. The third-order valence-electron chi connectivity index (χ3n) is 5.13. The maximum atomic E-state index is 13.0. The smallest absolute Gasteiger partial charge is 0.275 e. The van der Waals surface area contributed by atoms with Gasteiger partial charge in [0.2, 0.25) is 0 Å². The zero-order valence-corrected chi connectivity index (χ0v) is 17.5. The maximum absolute atomic E-state index is 13.0. The number of aromatic amines is 2. The largest absolute Gasteiger partial charge is 0.326 e. The number of nitrogens with two attached hydrogens (primary N) is 1. The molecule has 0 atom stereocenters. The molecule has 8 nitrogen and oxygen atoms in total. The van der Waals surface area contributed by atoms with Crippen LogP contribution in [0.3, 0.4) is 0 Å². The summed E-state index contributed by atoms with van der Waals surface area (Å²) in [5.74, 6) is -0.276. The number of benzene rings is 2. The number of anilines is 1. The van der Waals surface area contributed by atoms with E-state index < -0.39 is 0 Å². The number of fused-ring (bicyclic) bond motifs is 1. The number of nitrogens with one attached hydrogen (secondary N) is 3. The van der Waals surface area contributed by atoms with Gasteiger partial charge < -0.3 is 11.1 Å². The molecule has 0 saturated heterocycles. The molecular formula is C22H19N7OS. The molecule has 154 valence electrons. The summed E-state index contributed by atoms with van der Waals surface area (Å²) in [7, 11) is 0. The van der Waals surface area contributed by atoms with Crippen LogP contribution in [0.25, 0.3) is 32.6 Å². The van der Waals surface area contributed by atoms with Gasteiger partial charge in [0.05, 0.1) is 23.6 Å². The summed E-state index contributed by atoms with van der Waals surface area (Å²) < 4.78 is 0. The van der Waals surface area contributed by atoms with E-state index >= 15 is 0 Å². The normalized spacial score (nSPS) is 11.2. The van der Waals surface area contributed by atoms with Crippen LogP contribution in [0.15, 0.2) is 54.3 Å². The highest BCUT2D eigenvalue weighted by Gasteiger charge is 2.17. The first-order valence-corrected chi connectivity index (χ1v) is 10.5. The Balaban J connectivity index is 1.53. The maximum Gasteiger partial charge on any atom is 0.275 e. The van der Waals surface area contributed by atoms with Crippen molar-refractivity contribution in [3.63, 3.8) is 0 Å². The second kappa shape index (κ2) is 7.78. The third-order valence-corrected chi connectivity index (χ3v) is 6.02. The van der Waals surface area contributed by atoms with Crippen LogP contribution < -0.4 is 11.1 Å². The number of aryl methyl sites for hydroxylation is 1. The fourth-order valence-corrected chi connectivity index (χ4v) is 4.32. The van der Waals surface area contributed by atoms with Crippen molar-refractivity contribution in [3.8, 4) is 21.7 Å². The van der Waals surface area contributed by atoms with Gasteiger partial charge in [0.15, 0.2) is 0 Å². The minimum Gasteiger partial charge on any atom is -0.326 e. The molecule has 9 heteroatoms. The Labute approximate surface area is 181 Å². The van der Waals surface area contributed by atoms with E-state index in [0.29, 0.717) is 17.9 Å². The predicted molar refractivity (Wildman–Crippen MR) is 122 cm³/mol. The Hall–Kier alpha value is -3.82. The molecule has 3 heterocycles. The second-order valence-corrected chi connectivity index (χ2v) is 8.05. The molecule has 0 aliphatic rings. The van der Waals surface area contributed by atoms with Crippen LogP contribution in [-0.2, 0) is 6.54 Å². The Morgan fingerprint density at radius 3 is 2.84 bits per heavy atom. The van der Waals surface area contributed by atoms with Gasteiger partial charge in [-0.3, -0.25) is 15.0 Å². The highest BCUT2D eigenvalue weighted by molar-refractivity contribution is 7.13. The van der Waals surface area contributed by atoms with Gasteiger partial charge in [-0.05, 0) is 35.7 Å². The van der Waals surface area contributed by atoms with Gasteiger partial charge in [-0.15, -0.1) is 11.3 Å². The number of aromatic nitrogens is 5. The topological polar surface area (TPSA) is 125 Å². The third kappa shape index (κ3) is 3.60. The molecule has 0 aliphatic heterocycles. The summed E-state index contributed by atoms with van der Waals surface area (Å²) in [4.78, 5) is 17.5. The van der Waals surface area contributed by atoms with Crippen molar-refractivity contribution in [1.82, 2.24) is 25.4 Å². The molecule has 0 unspecified atom stereocenters. The van der Waals surface area contributed by atoms with Gasteiger partial charge in [0, 0.05) is 34.6 Å². The number of rotatable bonds is 5. The van der Waals surface area contributed by atoms with Gasteiger partial charge in [0.1, 0.15) is 10.7 Å². The lowest BCUT2D eigenvalue weighted by Gasteiger charge is -2.14. The van der Waals surface area contributed by atoms with Gasteiger partial charge in [-0.1, -0.05) is 18.2 Å². The van der Waals surface area contributed by atoms with Crippen molar-refractivity contribution in [2.24, 2.45) is 5.73 Å². The van der Waals surface area contributed by atoms with Crippen LogP contribution in [0.5, 0.6) is 0 Å². The first kappa shape index (κ1) is 19.2. The Morgan fingerprint density at radius 1 is 1.16 bits per heavy atom. The van der Waals surface area contributed by atoms with E-state index in [0.717, 1.165) is 43.7 Å². The average Bonchev–Trinajstić information content (AvgIpc) is 3.53. The summed E-state index contributed by atoms with van der Waals surface area (Å²) in [6, 6.07) is 10.0. The number of thiazole rings is 1. The molecule has 2 aromatic carbocycles. The van der Waals surface area contributed by atoms with Crippen molar-refractivity contribution in [1.29, 1.82) is 0 Å². The van der Waals surface area contributed by atoms with Crippen LogP contribution in [0.1, 0.15) is 21.6 Å². The minimum atomic E-state index is -0.276. The van der Waals surface area contributed by atoms with Crippen LogP contribution >= 0.6 is 11.3 Å². The number of nitrogens with zero attached hydrogens (tertiary/aromatic N) is 3. The Bertz CT molecular complexity index is 1380. The van der Waals surface area contributed by atoms with E-state index in [4.69, 9.17) is 5.73 Å². The van der Waals surface area contributed by atoms with Crippen LogP contribution in [0, 0.1) is 6.92 Å². The van der Waals surface area contributed by atoms with Crippen molar-refractivity contribution < 1.29 is 4.79 Å². The molecule has 1 amide bonds. The van der Waals surface area contributed by atoms with Crippen molar-refractivity contribution in [2.75, 3.05) is 5.32 Å². The number of hydrogen-bond donors (Lipinski definition) is 4. The van der Waals surface area contributed by atoms with Crippen LogP contribution in [-0.4, -0.2) is 31.3 Å². The number of amides is 1. The summed E-state index contributed by atoms with van der Waals surface area (Å²) in [6.07, 6.45) is 5.20. The number of carbonyl (C=O) groups is 1. The average molecular weight is 430 g/mol. The predicted octanol–water partition coefficient (Wildman–Crippen LogP) is 4.10. The van der Waals surface area contributed by atoms with Crippen molar-refractivity contribution in [2.45, 2.75) is 13.5 Å². The SMILES string of the molecule is Cc1cc(CN)ccc1-c1cc2cn[nH]c2cc1NC(=O)c1csc(-c2cn[nH]c2)n1. The highest BCUT2D eigenvalue weighted by Crippen LogP contribution is 2.35. The van der Waals surface area contributed by atoms with E-state index in [-0.39, 0.29) is 5.91 Å². The molecule has 5 rings (SSSR count). The minimum absolute atomic E-state index is 0.276. The monoisotopic (exact) mass is 429 g/mol. The Morgan fingerprint density at radius 2 is 2.06 bits per heavy atom. The number of hydrogen-bond acceptors (Lipinski definition) is 6. The first-order valence-electron chi connectivity index (χ1n) is 9.65. The number of carbonyl (C=O) groups excluding carboxylic acids is 1. The fraction of sp³-hybridized carbons (Fsp3) is 0.0909. The van der Waals surface area contributed by atoms with Gasteiger partial charge in [0.25, 0.3) is 5.91 Å². The molecular weight excluding hydrogens is 410 g/mol. The lowest BCUT2D eigenvalue weighted by molar-refractivity contribution is 0.102. The van der Waals surface area contributed by atoms with Gasteiger partial charge >= 0.3 is 0 Å². The van der Waals surface area contributed by atoms with Crippen LogP contribution in [0.4, 0.5) is 5.69 Å². The molecule has 0 fully saturated rings. The molecule has 0 bridgehead atoms. The van der Waals surface area contributed by atoms with E-state index in [1.165, 1.54) is 11.3 Å². The summed E-state index contributed by atoms with van der Waals surface area (Å²) in [6.45, 7) is 2.52. The van der Waals surface area contributed by atoms with E-state index in [1.807, 2.05) is 31.2 Å². The fourth-order valence-electron chi connectivity index (χ4n) is 3.54. The van der Waals surface area contributed by atoms with Crippen molar-refractivity contribution >= 4 is 33.8 Å².